The lowest BCUT2D eigenvalue weighted by atomic mass is 9.89. The van der Waals surface area contributed by atoms with E-state index in [0.29, 0.717) is 18.4 Å². The van der Waals surface area contributed by atoms with E-state index in [1.54, 1.807) is 0 Å². The SMILES string of the molecule is CCC(=O)Cc1nc(C2CC3CCC2O3)no1. The number of hydrogen-bond donors (Lipinski definition) is 0. The van der Waals surface area contributed by atoms with E-state index in [0.717, 1.165) is 25.1 Å². The fourth-order valence-corrected chi connectivity index (χ4v) is 2.69. The van der Waals surface area contributed by atoms with E-state index < -0.39 is 0 Å². The van der Waals surface area contributed by atoms with Gasteiger partial charge in [0.2, 0.25) is 5.89 Å². The van der Waals surface area contributed by atoms with Crippen LogP contribution in [0.4, 0.5) is 0 Å². The van der Waals surface area contributed by atoms with Crippen LogP contribution in [0.5, 0.6) is 0 Å². The molecule has 0 saturated carbocycles. The normalized spacial score (nSPS) is 31.0. The molecular formula is C12H16N2O3. The first kappa shape index (κ1) is 10.9. The molecule has 0 aromatic carbocycles. The van der Waals surface area contributed by atoms with Crippen LogP contribution in [0.1, 0.15) is 50.2 Å². The average Bonchev–Trinajstić information content (AvgIpc) is 3.03. The molecule has 0 spiro atoms. The maximum Gasteiger partial charge on any atom is 0.234 e. The van der Waals surface area contributed by atoms with Gasteiger partial charge in [-0.2, -0.15) is 4.98 Å². The number of nitrogens with zero attached hydrogens (tertiary/aromatic N) is 2. The zero-order valence-electron chi connectivity index (χ0n) is 9.89. The van der Waals surface area contributed by atoms with E-state index in [4.69, 9.17) is 9.26 Å². The van der Waals surface area contributed by atoms with E-state index >= 15 is 0 Å². The molecule has 2 fully saturated rings. The van der Waals surface area contributed by atoms with Gasteiger partial charge >= 0.3 is 0 Å². The number of carbonyl (C=O) groups is 1. The van der Waals surface area contributed by atoms with Crippen molar-refractivity contribution in [2.45, 2.75) is 57.2 Å². The minimum absolute atomic E-state index is 0.129. The molecule has 0 radical (unpaired) electrons. The van der Waals surface area contributed by atoms with Gasteiger partial charge in [-0.25, -0.2) is 0 Å². The Labute approximate surface area is 99.5 Å². The van der Waals surface area contributed by atoms with Crippen LogP contribution in [0.25, 0.3) is 0 Å². The van der Waals surface area contributed by atoms with Crippen molar-refractivity contribution in [1.82, 2.24) is 10.1 Å². The quantitative estimate of drug-likeness (QED) is 0.794. The summed E-state index contributed by atoms with van der Waals surface area (Å²) in [6.07, 6.45) is 4.63. The van der Waals surface area contributed by atoms with Gasteiger partial charge in [0.05, 0.1) is 24.5 Å². The predicted molar refractivity (Wildman–Crippen MR) is 58.6 cm³/mol. The van der Waals surface area contributed by atoms with E-state index in [-0.39, 0.29) is 24.2 Å². The van der Waals surface area contributed by atoms with Crippen LogP contribution >= 0.6 is 0 Å². The fourth-order valence-electron chi connectivity index (χ4n) is 2.69. The molecule has 2 aliphatic heterocycles. The highest BCUT2D eigenvalue weighted by molar-refractivity contribution is 5.79. The van der Waals surface area contributed by atoms with Gasteiger partial charge in [0.25, 0.3) is 0 Å². The van der Waals surface area contributed by atoms with Gasteiger partial charge in [-0.1, -0.05) is 12.1 Å². The van der Waals surface area contributed by atoms with Crippen LogP contribution in [-0.2, 0) is 16.0 Å². The van der Waals surface area contributed by atoms with Crippen LogP contribution in [0.3, 0.4) is 0 Å². The number of fused-ring (bicyclic) bond motifs is 2. The van der Waals surface area contributed by atoms with E-state index in [2.05, 4.69) is 10.1 Å². The first-order chi connectivity index (χ1) is 8.26. The second-order valence-corrected chi connectivity index (χ2v) is 4.83. The molecule has 3 heterocycles. The summed E-state index contributed by atoms with van der Waals surface area (Å²) in [6.45, 7) is 1.84. The number of hydrogen-bond acceptors (Lipinski definition) is 5. The summed E-state index contributed by atoms with van der Waals surface area (Å²) in [5.74, 6) is 1.55. The maximum absolute atomic E-state index is 11.3. The molecule has 3 rings (SSSR count). The number of Topliss-reactive ketones (excluding diaryl/α,β-unsaturated/α-hetero) is 1. The first-order valence-electron chi connectivity index (χ1n) is 6.26. The Morgan fingerprint density at radius 1 is 1.47 bits per heavy atom. The molecule has 3 atom stereocenters. The maximum atomic E-state index is 11.3. The molecule has 2 saturated heterocycles. The highest BCUT2D eigenvalue weighted by Crippen LogP contribution is 2.43. The first-order valence-corrected chi connectivity index (χ1v) is 6.26. The summed E-state index contributed by atoms with van der Waals surface area (Å²) in [5, 5.41) is 3.99. The Bertz CT molecular complexity index is 429. The van der Waals surface area contributed by atoms with Gasteiger partial charge in [-0.3, -0.25) is 4.79 Å². The number of carbonyl (C=O) groups excluding carboxylic acids is 1. The summed E-state index contributed by atoms with van der Waals surface area (Å²) in [5.41, 5.74) is 0. The molecule has 1 aromatic rings. The Morgan fingerprint density at radius 2 is 2.35 bits per heavy atom. The molecule has 1 aromatic heterocycles. The van der Waals surface area contributed by atoms with Crippen molar-refractivity contribution < 1.29 is 14.1 Å². The van der Waals surface area contributed by atoms with E-state index in [1.807, 2.05) is 6.92 Å². The lowest BCUT2D eigenvalue weighted by Gasteiger charge is -2.13. The largest absolute Gasteiger partial charge is 0.374 e. The molecule has 3 unspecified atom stereocenters. The highest BCUT2D eigenvalue weighted by Gasteiger charge is 2.43. The van der Waals surface area contributed by atoms with Crippen LogP contribution in [-0.4, -0.2) is 28.1 Å². The molecule has 0 amide bonds. The highest BCUT2D eigenvalue weighted by atomic mass is 16.5. The molecular weight excluding hydrogens is 220 g/mol. The monoisotopic (exact) mass is 236 g/mol. The molecule has 0 aliphatic carbocycles. The Balaban J connectivity index is 1.70. The minimum atomic E-state index is 0.129. The number of ether oxygens (including phenoxy) is 1. The lowest BCUT2D eigenvalue weighted by Crippen LogP contribution is -2.15. The van der Waals surface area contributed by atoms with Gasteiger partial charge in [0.15, 0.2) is 5.82 Å². The summed E-state index contributed by atoms with van der Waals surface area (Å²) < 4.78 is 10.9. The van der Waals surface area contributed by atoms with E-state index in [9.17, 15) is 4.79 Å². The Hall–Kier alpha value is -1.23. The average molecular weight is 236 g/mol. The third-order valence-corrected chi connectivity index (χ3v) is 3.66. The number of rotatable bonds is 4. The van der Waals surface area contributed by atoms with Crippen LogP contribution in [0, 0.1) is 0 Å². The third kappa shape index (κ3) is 1.99. The number of ketones is 1. The molecule has 2 bridgehead atoms. The van der Waals surface area contributed by atoms with Crippen molar-refractivity contribution in [2.75, 3.05) is 0 Å². The summed E-state index contributed by atoms with van der Waals surface area (Å²) in [6, 6.07) is 0. The second-order valence-electron chi connectivity index (χ2n) is 4.83. The molecule has 0 N–H and O–H groups in total. The van der Waals surface area contributed by atoms with Gasteiger partial charge < -0.3 is 9.26 Å². The van der Waals surface area contributed by atoms with Crippen molar-refractivity contribution in [3.8, 4) is 0 Å². The Morgan fingerprint density at radius 3 is 3.00 bits per heavy atom. The zero-order valence-corrected chi connectivity index (χ0v) is 9.89. The van der Waals surface area contributed by atoms with Gasteiger partial charge in [0.1, 0.15) is 5.78 Å². The summed E-state index contributed by atoms with van der Waals surface area (Å²) in [7, 11) is 0. The van der Waals surface area contributed by atoms with Gasteiger partial charge in [-0.15, -0.1) is 0 Å². The predicted octanol–water partition coefficient (Wildman–Crippen LogP) is 1.63. The van der Waals surface area contributed by atoms with Crippen molar-refractivity contribution in [1.29, 1.82) is 0 Å². The summed E-state index contributed by atoms with van der Waals surface area (Å²) in [4.78, 5) is 15.6. The van der Waals surface area contributed by atoms with Crippen molar-refractivity contribution >= 4 is 5.78 Å². The third-order valence-electron chi connectivity index (χ3n) is 3.66. The van der Waals surface area contributed by atoms with Crippen LogP contribution in [0.15, 0.2) is 4.52 Å². The molecule has 92 valence electrons. The number of aromatic nitrogens is 2. The summed E-state index contributed by atoms with van der Waals surface area (Å²) >= 11 is 0. The standard InChI is InChI=1S/C12H16N2O3/c1-2-7(15)5-11-13-12(14-17-11)9-6-8-3-4-10(9)16-8/h8-10H,2-6H2,1H3. The van der Waals surface area contributed by atoms with Crippen molar-refractivity contribution in [2.24, 2.45) is 0 Å². The zero-order chi connectivity index (χ0) is 11.8. The fraction of sp³-hybridized carbons (Fsp3) is 0.750. The van der Waals surface area contributed by atoms with Crippen molar-refractivity contribution in [3.63, 3.8) is 0 Å². The van der Waals surface area contributed by atoms with Gasteiger partial charge in [0, 0.05) is 6.42 Å². The second kappa shape index (κ2) is 4.22. The smallest absolute Gasteiger partial charge is 0.234 e. The lowest BCUT2D eigenvalue weighted by molar-refractivity contribution is -0.118. The van der Waals surface area contributed by atoms with Crippen LogP contribution in [0.2, 0.25) is 0 Å². The van der Waals surface area contributed by atoms with Crippen molar-refractivity contribution in [3.05, 3.63) is 11.7 Å². The topological polar surface area (TPSA) is 65.2 Å². The Kier molecular flexibility index (Phi) is 2.70. The minimum Gasteiger partial charge on any atom is -0.374 e. The van der Waals surface area contributed by atoms with Gasteiger partial charge in [-0.05, 0) is 19.3 Å². The molecule has 5 nitrogen and oxygen atoms in total. The van der Waals surface area contributed by atoms with Crippen LogP contribution < -0.4 is 0 Å². The molecule has 17 heavy (non-hydrogen) atoms. The molecule has 2 aliphatic rings. The van der Waals surface area contributed by atoms with E-state index in [1.165, 1.54) is 0 Å². The molecule has 5 heteroatoms.